The van der Waals surface area contributed by atoms with Gasteiger partial charge in [-0.2, -0.15) is 8.78 Å². The molecule has 0 saturated heterocycles. The lowest BCUT2D eigenvalue weighted by Crippen LogP contribution is -2.04. The molecule has 1 aromatic rings. The number of alkyl halides is 2. The summed E-state index contributed by atoms with van der Waals surface area (Å²) in [6, 6.07) is 4.52. The Kier molecular flexibility index (Phi) is 5.30. The number of rotatable bonds is 6. The van der Waals surface area contributed by atoms with Gasteiger partial charge in [0.2, 0.25) is 0 Å². The molecule has 0 aliphatic carbocycles. The zero-order valence-electron chi connectivity index (χ0n) is 10.2. The van der Waals surface area contributed by atoms with E-state index in [9.17, 15) is 13.6 Å². The molecule has 1 rings (SSSR count). The van der Waals surface area contributed by atoms with Gasteiger partial charge in [-0.25, -0.2) is 0 Å². The first-order valence-electron chi connectivity index (χ1n) is 5.42. The van der Waals surface area contributed by atoms with Crippen LogP contribution in [0.1, 0.15) is 19.4 Å². The molecule has 0 fully saturated rings. The summed E-state index contributed by atoms with van der Waals surface area (Å²) in [6.07, 6.45) is 2.34. The molecule has 5 heteroatoms. The second-order valence-electron chi connectivity index (χ2n) is 3.52. The van der Waals surface area contributed by atoms with Crippen molar-refractivity contribution in [2.45, 2.75) is 20.5 Å². The van der Waals surface area contributed by atoms with Gasteiger partial charge in [-0.05, 0) is 43.2 Å². The fraction of sp³-hybridized carbons (Fsp3) is 0.308. The molecule has 0 unspecified atom stereocenters. The lowest BCUT2D eigenvalue weighted by atomic mass is 10.1. The molecule has 0 bridgehead atoms. The quantitative estimate of drug-likeness (QED) is 0.578. The van der Waals surface area contributed by atoms with Crippen LogP contribution < -0.4 is 9.47 Å². The third-order valence-corrected chi connectivity index (χ3v) is 2.06. The Labute approximate surface area is 104 Å². The van der Waals surface area contributed by atoms with E-state index >= 15 is 0 Å². The lowest BCUT2D eigenvalue weighted by Gasteiger charge is -2.11. The number of aldehydes is 1. The predicted molar refractivity (Wildman–Crippen MR) is 64.0 cm³/mol. The van der Waals surface area contributed by atoms with Crippen molar-refractivity contribution in [3.63, 3.8) is 0 Å². The summed E-state index contributed by atoms with van der Waals surface area (Å²) < 4.78 is 33.9. The number of benzene rings is 1. The van der Waals surface area contributed by atoms with Gasteiger partial charge in [0.05, 0.1) is 6.61 Å². The van der Waals surface area contributed by atoms with Gasteiger partial charge in [-0.3, -0.25) is 4.79 Å². The second kappa shape index (κ2) is 6.74. The summed E-state index contributed by atoms with van der Waals surface area (Å²) in [5.41, 5.74) is 1.21. The third kappa shape index (κ3) is 4.16. The highest BCUT2D eigenvalue weighted by Crippen LogP contribution is 2.30. The molecule has 0 N–H and O–H groups in total. The van der Waals surface area contributed by atoms with E-state index in [0.29, 0.717) is 24.0 Å². The molecule has 0 amide bonds. The predicted octanol–water partition coefficient (Wildman–Crippen LogP) is 3.29. The zero-order chi connectivity index (χ0) is 13.5. The highest BCUT2D eigenvalue weighted by molar-refractivity contribution is 5.81. The van der Waals surface area contributed by atoms with Gasteiger partial charge in [0.1, 0.15) is 6.29 Å². The van der Waals surface area contributed by atoms with Crippen LogP contribution in [0.3, 0.4) is 0 Å². The van der Waals surface area contributed by atoms with Gasteiger partial charge in [0, 0.05) is 0 Å². The van der Waals surface area contributed by atoms with Crippen molar-refractivity contribution in [2.24, 2.45) is 0 Å². The maximum atomic E-state index is 12.2. The Bertz CT molecular complexity index is 442. The van der Waals surface area contributed by atoms with Crippen LogP contribution in [0, 0.1) is 0 Å². The van der Waals surface area contributed by atoms with Gasteiger partial charge < -0.3 is 9.47 Å². The molecule has 0 heterocycles. The average Bonchev–Trinajstić information content (AvgIpc) is 2.32. The zero-order valence-corrected chi connectivity index (χ0v) is 10.2. The van der Waals surface area contributed by atoms with Crippen molar-refractivity contribution in [1.82, 2.24) is 0 Å². The first-order valence-corrected chi connectivity index (χ1v) is 5.42. The van der Waals surface area contributed by atoms with Crippen molar-refractivity contribution in [2.75, 3.05) is 6.61 Å². The van der Waals surface area contributed by atoms with Crippen LogP contribution in [0.4, 0.5) is 8.78 Å². The Morgan fingerprint density at radius 1 is 1.39 bits per heavy atom. The van der Waals surface area contributed by atoms with E-state index in [1.165, 1.54) is 6.07 Å². The summed E-state index contributed by atoms with van der Waals surface area (Å²) in [5, 5.41) is 0. The third-order valence-electron chi connectivity index (χ3n) is 2.06. The fourth-order valence-corrected chi connectivity index (χ4v) is 1.37. The Morgan fingerprint density at radius 2 is 2.11 bits per heavy atom. The lowest BCUT2D eigenvalue weighted by molar-refractivity contribution is -0.104. The van der Waals surface area contributed by atoms with Crippen LogP contribution >= 0.6 is 0 Å². The van der Waals surface area contributed by atoms with Gasteiger partial charge in [-0.1, -0.05) is 6.07 Å². The topological polar surface area (TPSA) is 35.5 Å². The average molecular weight is 256 g/mol. The van der Waals surface area contributed by atoms with Crippen molar-refractivity contribution >= 4 is 12.4 Å². The maximum absolute atomic E-state index is 12.2. The number of carbonyl (C=O) groups is 1. The molecule has 0 radical (unpaired) electrons. The largest absolute Gasteiger partial charge is 0.490 e. The summed E-state index contributed by atoms with van der Waals surface area (Å²) in [6.45, 7) is 0.823. The summed E-state index contributed by atoms with van der Waals surface area (Å²) >= 11 is 0. The molecule has 0 atom stereocenters. The minimum absolute atomic E-state index is 0.0206. The number of halogens is 2. The molecule has 18 heavy (non-hydrogen) atoms. The molecule has 1 aromatic carbocycles. The molecule has 0 saturated carbocycles. The molecule has 98 valence electrons. The van der Waals surface area contributed by atoms with Crippen molar-refractivity contribution < 1.29 is 23.0 Å². The van der Waals surface area contributed by atoms with E-state index in [-0.39, 0.29) is 11.5 Å². The van der Waals surface area contributed by atoms with Crippen LogP contribution in [0.5, 0.6) is 11.5 Å². The molecule has 0 aliphatic heterocycles. The van der Waals surface area contributed by atoms with Crippen LogP contribution in [0.25, 0.3) is 6.08 Å². The standard InChI is InChI=1S/C13H14F2O3/c1-3-17-12-7-10(6-9(2)8-16)4-5-11(12)18-13(14)15/h4-8,13H,3H2,1-2H3. The smallest absolute Gasteiger partial charge is 0.387 e. The Hall–Kier alpha value is -1.91. The molecule has 3 nitrogen and oxygen atoms in total. The van der Waals surface area contributed by atoms with Crippen LogP contribution in [-0.2, 0) is 4.79 Å². The molecule has 0 aliphatic rings. The van der Waals surface area contributed by atoms with E-state index in [1.807, 2.05) is 0 Å². The number of ether oxygens (including phenoxy) is 2. The Balaban J connectivity index is 3.06. The summed E-state index contributed by atoms with van der Waals surface area (Å²) in [5.74, 6) is 0.206. The SMILES string of the molecule is CCOc1cc(C=C(C)C=O)ccc1OC(F)F. The number of hydrogen-bond donors (Lipinski definition) is 0. The Morgan fingerprint density at radius 3 is 2.67 bits per heavy atom. The highest BCUT2D eigenvalue weighted by atomic mass is 19.3. The fourth-order valence-electron chi connectivity index (χ4n) is 1.37. The molecule has 0 spiro atoms. The van der Waals surface area contributed by atoms with Crippen molar-refractivity contribution in [3.05, 3.63) is 29.3 Å². The monoisotopic (exact) mass is 256 g/mol. The normalized spacial score (nSPS) is 11.5. The number of carbonyl (C=O) groups excluding carboxylic acids is 1. The van der Waals surface area contributed by atoms with Gasteiger partial charge in [-0.15, -0.1) is 0 Å². The molecular formula is C13H14F2O3. The molecule has 0 aromatic heterocycles. The van der Waals surface area contributed by atoms with E-state index in [2.05, 4.69) is 4.74 Å². The van der Waals surface area contributed by atoms with Crippen molar-refractivity contribution in [1.29, 1.82) is 0 Å². The van der Waals surface area contributed by atoms with Gasteiger partial charge >= 0.3 is 6.61 Å². The first kappa shape index (κ1) is 14.2. The molecular weight excluding hydrogens is 242 g/mol. The summed E-state index contributed by atoms with van der Waals surface area (Å²) in [4.78, 5) is 10.5. The van der Waals surface area contributed by atoms with E-state index < -0.39 is 6.61 Å². The first-order chi connectivity index (χ1) is 8.56. The van der Waals surface area contributed by atoms with E-state index in [4.69, 9.17) is 4.74 Å². The van der Waals surface area contributed by atoms with Crippen LogP contribution in [-0.4, -0.2) is 19.5 Å². The summed E-state index contributed by atoms with van der Waals surface area (Å²) in [7, 11) is 0. The van der Waals surface area contributed by atoms with E-state index in [0.717, 1.165) is 0 Å². The van der Waals surface area contributed by atoms with Crippen molar-refractivity contribution in [3.8, 4) is 11.5 Å². The van der Waals surface area contributed by atoms with E-state index in [1.54, 1.807) is 32.1 Å². The minimum Gasteiger partial charge on any atom is -0.490 e. The second-order valence-corrected chi connectivity index (χ2v) is 3.52. The van der Waals surface area contributed by atoms with Gasteiger partial charge in [0.15, 0.2) is 11.5 Å². The maximum Gasteiger partial charge on any atom is 0.387 e. The minimum atomic E-state index is -2.90. The number of hydrogen-bond acceptors (Lipinski definition) is 3. The van der Waals surface area contributed by atoms with Crippen LogP contribution in [0.15, 0.2) is 23.8 Å². The van der Waals surface area contributed by atoms with Crippen LogP contribution in [0.2, 0.25) is 0 Å². The highest BCUT2D eigenvalue weighted by Gasteiger charge is 2.10. The van der Waals surface area contributed by atoms with Gasteiger partial charge in [0.25, 0.3) is 0 Å². The number of allylic oxidation sites excluding steroid dienone is 1.